The summed E-state index contributed by atoms with van der Waals surface area (Å²) in [6.45, 7) is 1.84. The fraction of sp³-hybridized carbons (Fsp3) is 0.263. The Hall–Kier alpha value is -2.82. The van der Waals surface area contributed by atoms with Crippen LogP contribution in [0.1, 0.15) is 19.8 Å². The molecule has 24 heavy (non-hydrogen) atoms. The summed E-state index contributed by atoms with van der Waals surface area (Å²) in [6.07, 6.45) is 1.06. The van der Waals surface area contributed by atoms with Crippen molar-refractivity contribution in [2.24, 2.45) is 5.92 Å². The summed E-state index contributed by atoms with van der Waals surface area (Å²) in [5, 5.41) is 1.43. The third-order valence-electron chi connectivity index (χ3n) is 4.01. The van der Waals surface area contributed by atoms with Crippen LogP contribution < -0.4 is 10.4 Å². The van der Waals surface area contributed by atoms with Gasteiger partial charge in [-0.25, -0.2) is 5.01 Å². The summed E-state index contributed by atoms with van der Waals surface area (Å²) < 4.78 is 5.24. The Labute approximate surface area is 141 Å². The highest BCUT2D eigenvalue weighted by Crippen LogP contribution is 2.25. The highest BCUT2D eigenvalue weighted by Gasteiger charge is 2.37. The minimum atomic E-state index is -0.780. The summed E-state index contributed by atoms with van der Waals surface area (Å²) in [6, 6.07) is 18.6. The first-order valence-electron chi connectivity index (χ1n) is 8.06. The van der Waals surface area contributed by atoms with Crippen molar-refractivity contribution >= 4 is 23.3 Å². The molecule has 3 rings (SSSR count). The zero-order valence-electron chi connectivity index (χ0n) is 13.5. The van der Waals surface area contributed by atoms with E-state index >= 15 is 0 Å². The van der Waals surface area contributed by atoms with E-state index in [9.17, 15) is 9.59 Å². The van der Waals surface area contributed by atoms with E-state index in [-0.39, 0.29) is 12.0 Å². The first-order chi connectivity index (χ1) is 11.6. The van der Waals surface area contributed by atoms with Crippen LogP contribution in [0.2, 0.25) is 0 Å². The van der Waals surface area contributed by atoms with Crippen molar-refractivity contribution in [3.8, 4) is 0 Å². The maximum absolute atomic E-state index is 13.0. The van der Waals surface area contributed by atoms with Crippen LogP contribution in [0.15, 0.2) is 60.7 Å². The molecule has 1 fully saturated rings. The fourth-order valence-corrected chi connectivity index (χ4v) is 2.70. The number of carbonyl (C=O) groups is 2. The third-order valence-corrected chi connectivity index (χ3v) is 4.01. The maximum Gasteiger partial charge on any atom is 0.318 e. The molecule has 124 valence electrons. The van der Waals surface area contributed by atoms with Crippen molar-refractivity contribution in [3.63, 3.8) is 0 Å². The molecular weight excluding hydrogens is 304 g/mol. The van der Waals surface area contributed by atoms with Crippen molar-refractivity contribution in [1.29, 1.82) is 0 Å². The zero-order valence-corrected chi connectivity index (χ0v) is 13.5. The first kappa shape index (κ1) is 16.1. The number of anilines is 2. The summed E-state index contributed by atoms with van der Waals surface area (Å²) in [5.74, 6) is -1.53. The van der Waals surface area contributed by atoms with Crippen LogP contribution in [0.3, 0.4) is 0 Å². The minimum Gasteiger partial charge on any atom is -0.462 e. The smallest absolute Gasteiger partial charge is 0.318 e. The number of rotatable bonds is 4. The van der Waals surface area contributed by atoms with Gasteiger partial charge in [-0.05, 0) is 44.0 Å². The molecule has 1 aliphatic rings. The number of carbonyl (C=O) groups excluding carboxylic acids is 2. The van der Waals surface area contributed by atoms with Crippen LogP contribution in [0.4, 0.5) is 11.4 Å². The van der Waals surface area contributed by atoms with Gasteiger partial charge >= 0.3 is 5.97 Å². The Morgan fingerprint density at radius 3 is 2.29 bits per heavy atom. The number of esters is 1. The molecule has 0 radical (unpaired) electrons. The largest absolute Gasteiger partial charge is 0.462 e. The second-order valence-corrected chi connectivity index (χ2v) is 5.86. The molecule has 5 nitrogen and oxygen atoms in total. The molecule has 0 bridgehead atoms. The van der Waals surface area contributed by atoms with Crippen LogP contribution in [0.5, 0.6) is 0 Å². The van der Waals surface area contributed by atoms with Crippen LogP contribution in [-0.4, -0.2) is 18.0 Å². The average Bonchev–Trinajstić information content (AvgIpc) is 2.61. The lowest BCUT2D eigenvalue weighted by Crippen LogP contribution is -2.46. The number of hydrazine groups is 1. The predicted molar refractivity (Wildman–Crippen MR) is 92.3 cm³/mol. The number of para-hydroxylation sites is 2. The number of hydrogen-bond donors (Lipinski definition) is 1. The van der Waals surface area contributed by atoms with Crippen molar-refractivity contribution in [1.82, 2.24) is 0 Å². The Balaban J connectivity index is 1.87. The average molecular weight is 324 g/mol. The summed E-state index contributed by atoms with van der Waals surface area (Å²) in [4.78, 5) is 25.1. The molecular formula is C19H20N2O3. The zero-order chi connectivity index (χ0) is 16.9. The quantitative estimate of drug-likeness (QED) is 0.532. The highest BCUT2D eigenvalue weighted by atomic mass is 16.5. The van der Waals surface area contributed by atoms with Gasteiger partial charge in [0.1, 0.15) is 5.92 Å². The van der Waals surface area contributed by atoms with Crippen molar-refractivity contribution < 1.29 is 14.3 Å². The van der Waals surface area contributed by atoms with Gasteiger partial charge in [-0.2, -0.15) is 0 Å². The summed E-state index contributed by atoms with van der Waals surface area (Å²) in [5.41, 5.74) is 4.55. The lowest BCUT2D eigenvalue weighted by molar-refractivity contribution is -0.161. The van der Waals surface area contributed by atoms with Gasteiger partial charge in [0, 0.05) is 0 Å². The summed E-state index contributed by atoms with van der Waals surface area (Å²) in [7, 11) is 0. The molecule has 1 heterocycles. The normalized spacial score (nSPS) is 20.1. The van der Waals surface area contributed by atoms with Crippen LogP contribution >= 0.6 is 0 Å². The lowest BCUT2D eigenvalue weighted by atomic mass is 9.97. The Kier molecular flexibility index (Phi) is 4.79. The van der Waals surface area contributed by atoms with Crippen molar-refractivity contribution in [2.45, 2.75) is 25.9 Å². The molecule has 2 aromatic rings. The van der Waals surface area contributed by atoms with Gasteiger partial charge in [-0.1, -0.05) is 36.4 Å². The summed E-state index contributed by atoms with van der Waals surface area (Å²) >= 11 is 0. The Morgan fingerprint density at radius 1 is 1.04 bits per heavy atom. The van der Waals surface area contributed by atoms with Gasteiger partial charge in [0.15, 0.2) is 0 Å². The highest BCUT2D eigenvalue weighted by molar-refractivity contribution is 6.07. The number of hydrogen-bond acceptors (Lipinski definition) is 4. The van der Waals surface area contributed by atoms with E-state index in [1.165, 1.54) is 5.01 Å². The van der Waals surface area contributed by atoms with E-state index in [0.29, 0.717) is 18.5 Å². The van der Waals surface area contributed by atoms with Crippen molar-refractivity contribution in [3.05, 3.63) is 60.7 Å². The van der Waals surface area contributed by atoms with E-state index in [2.05, 4.69) is 5.43 Å². The van der Waals surface area contributed by atoms with Gasteiger partial charge in [0.25, 0.3) is 5.91 Å². The SMILES string of the molecule is C[C@@H]1CC[C@H](C(=O)N(Nc2ccccc2)c2ccccc2)C(=O)O1. The van der Waals surface area contributed by atoms with Crippen LogP contribution in [0, 0.1) is 5.92 Å². The first-order valence-corrected chi connectivity index (χ1v) is 8.06. The molecule has 1 saturated heterocycles. The topological polar surface area (TPSA) is 58.6 Å². The standard InChI is InChI=1S/C19H20N2O3/c1-14-12-13-17(19(23)24-14)18(22)21(16-10-6-3-7-11-16)20-15-8-4-2-5-9-15/h2-11,14,17,20H,12-13H2,1H3/t14-,17-/m1/s1. The van der Waals surface area contributed by atoms with Gasteiger partial charge in [-0.3, -0.25) is 15.0 Å². The Morgan fingerprint density at radius 2 is 1.67 bits per heavy atom. The Bertz CT molecular complexity index is 703. The molecule has 0 unspecified atom stereocenters. The van der Waals surface area contributed by atoms with E-state index in [1.54, 1.807) is 0 Å². The van der Waals surface area contributed by atoms with E-state index in [1.807, 2.05) is 67.6 Å². The number of cyclic esters (lactones) is 1. The fourth-order valence-electron chi connectivity index (χ4n) is 2.70. The van der Waals surface area contributed by atoms with E-state index in [0.717, 1.165) is 5.69 Å². The molecule has 1 aliphatic heterocycles. The van der Waals surface area contributed by atoms with Crippen LogP contribution in [-0.2, 0) is 14.3 Å². The number of benzene rings is 2. The molecule has 2 atom stereocenters. The lowest BCUT2D eigenvalue weighted by Gasteiger charge is -2.31. The van der Waals surface area contributed by atoms with Crippen molar-refractivity contribution in [2.75, 3.05) is 10.4 Å². The van der Waals surface area contributed by atoms with Gasteiger partial charge < -0.3 is 4.74 Å². The predicted octanol–water partition coefficient (Wildman–Crippen LogP) is 3.39. The van der Waals surface area contributed by atoms with Crippen LogP contribution in [0.25, 0.3) is 0 Å². The van der Waals surface area contributed by atoms with Gasteiger partial charge in [0.05, 0.1) is 17.5 Å². The molecule has 0 aliphatic carbocycles. The monoisotopic (exact) mass is 324 g/mol. The third kappa shape index (κ3) is 3.56. The number of amides is 1. The molecule has 5 heteroatoms. The molecule has 0 spiro atoms. The molecule has 2 aromatic carbocycles. The maximum atomic E-state index is 13.0. The number of nitrogens with zero attached hydrogens (tertiary/aromatic N) is 1. The number of ether oxygens (including phenoxy) is 1. The second kappa shape index (κ2) is 7.17. The van der Waals surface area contributed by atoms with Gasteiger partial charge in [-0.15, -0.1) is 0 Å². The number of nitrogens with one attached hydrogen (secondary N) is 1. The van der Waals surface area contributed by atoms with E-state index < -0.39 is 11.9 Å². The molecule has 0 aromatic heterocycles. The molecule has 1 N–H and O–H groups in total. The van der Waals surface area contributed by atoms with E-state index in [4.69, 9.17) is 4.74 Å². The molecule has 0 saturated carbocycles. The van der Waals surface area contributed by atoms with Gasteiger partial charge in [0.2, 0.25) is 0 Å². The minimum absolute atomic E-state index is 0.131. The second-order valence-electron chi connectivity index (χ2n) is 5.86. The molecule has 1 amide bonds.